The van der Waals surface area contributed by atoms with Crippen LogP contribution in [-0.2, 0) is 17.8 Å². The summed E-state index contributed by atoms with van der Waals surface area (Å²) < 4.78 is 17.4. The molecule has 3 amide bonds. The summed E-state index contributed by atoms with van der Waals surface area (Å²) in [5.74, 6) is 2.83. The average Bonchev–Trinajstić information content (AvgIpc) is 3.77. The summed E-state index contributed by atoms with van der Waals surface area (Å²) in [6.07, 6.45) is 4.75. The van der Waals surface area contributed by atoms with Gasteiger partial charge in [-0.05, 0) is 60.8 Å². The molecule has 0 unspecified atom stereocenters. The second-order valence-electron chi connectivity index (χ2n) is 11.5. The SMILES string of the molecule is COc1cc(CC(=O)N(C)C)ccc1CN1CCCN(c2ccc(OC)c(OCCC(C)(C)C3CC3)c2)C1=O. The zero-order valence-corrected chi connectivity index (χ0v) is 24.3. The maximum atomic E-state index is 13.6. The van der Waals surface area contributed by atoms with E-state index in [0.29, 0.717) is 49.9 Å². The molecule has 0 spiro atoms. The minimum absolute atomic E-state index is 0.0288. The van der Waals surface area contributed by atoms with Crippen LogP contribution in [0.15, 0.2) is 36.4 Å². The Morgan fingerprint density at radius 1 is 1.00 bits per heavy atom. The molecule has 0 aromatic heterocycles. The molecule has 0 N–H and O–H groups in total. The van der Waals surface area contributed by atoms with Crippen LogP contribution >= 0.6 is 0 Å². The van der Waals surface area contributed by atoms with E-state index in [1.165, 1.54) is 12.8 Å². The van der Waals surface area contributed by atoms with Crippen molar-refractivity contribution < 1.29 is 23.8 Å². The van der Waals surface area contributed by atoms with Crippen LogP contribution in [-0.4, -0.2) is 69.7 Å². The highest BCUT2D eigenvalue weighted by Gasteiger charge is 2.37. The lowest BCUT2D eigenvalue weighted by atomic mass is 9.84. The molecule has 212 valence electrons. The molecule has 1 heterocycles. The molecule has 1 saturated carbocycles. The van der Waals surface area contributed by atoms with Gasteiger partial charge in [0.05, 0.1) is 33.8 Å². The van der Waals surface area contributed by atoms with E-state index in [1.807, 2.05) is 41.3 Å². The predicted octanol–water partition coefficient (Wildman–Crippen LogP) is 5.37. The maximum Gasteiger partial charge on any atom is 0.324 e. The number of likely N-dealkylation sites (N-methyl/N-ethyl adjacent to an activating group) is 1. The maximum absolute atomic E-state index is 13.6. The fourth-order valence-corrected chi connectivity index (χ4v) is 5.17. The second-order valence-corrected chi connectivity index (χ2v) is 11.5. The van der Waals surface area contributed by atoms with Gasteiger partial charge in [-0.25, -0.2) is 4.79 Å². The van der Waals surface area contributed by atoms with E-state index in [2.05, 4.69) is 13.8 Å². The lowest BCUT2D eigenvalue weighted by Crippen LogP contribution is -2.49. The van der Waals surface area contributed by atoms with Crippen LogP contribution in [0.5, 0.6) is 17.2 Å². The van der Waals surface area contributed by atoms with Gasteiger partial charge in [0, 0.05) is 44.5 Å². The summed E-state index contributed by atoms with van der Waals surface area (Å²) in [4.78, 5) is 31.0. The summed E-state index contributed by atoms with van der Waals surface area (Å²) in [7, 11) is 6.75. The summed E-state index contributed by atoms with van der Waals surface area (Å²) in [6.45, 7) is 6.96. The zero-order chi connectivity index (χ0) is 28.2. The smallest absolute Gasteiger partial charge is 0.324 e. The number of carbonyl (C=O) groups excluding carboxylic acids is 2. The molecular formula is C31H43N3O5. The number of hydrogen-bond acceptors (Lipinski definition) is 5. The Balaban J connectivity index is 1.45. The van der Waals surface area contributed by atoms with Gasteiger partial charge < -0.3 is 24.0 Å². The minimum Gasteiger partial charge on any atom is -0.496 e. The quantitative estimate of drug-likeness (QED) is 0.364. The van der Waals surface area contributed by atoms with Crippen molar-refractivity contribution in [3.63, 3.8) is 0 Å². The van der Waals surface area contributed by atoms with Gasteiger partial charge in [-0.1, -0.05) is 26.0 Å². The first kappa shape index (κ1) is 28.6. The number of nitrogens with zero attached hydrogens (tertiary/aromatic N) is 3. The zero-order valence-electron chi connectivity index (χ0n) is 24.3. The number of rotatable bonds is 12. The Kier molecular flexibility index (Phi) is 8.93. The highest BCUT2D eigenvalue weighted by atomic mass is 16.5. The second kappa shape index (κ2) is 12.2. The molecule has 1 aliphatic heterocycles. The van der Waals surface area contributed by atoms with Gasteiger partial charge in [-0.3, -0.25) is 9.69 Å². The van der Waals surface area contributed by atoms with Crippen LogP contribution in [0.3, 0.4) is 0 Å². The Labute approximate surface area is 232 Å². The summed E-state index contributed by atoms with van der Waals surface area (Å²) in [5.41, 5.74) is 2.86. The monoisotopic (exact) mass is 537 g/mol. The molecule has 0 radical (unpaired) electrons. The first-order valence-corrected chi connectivity index (χ1v) is 13.9. The number of anilines is 1. The third kappa shape index (κ3) is 6.97. The van der Waals surface area contributed by atoms with Crippen LogP contribution in [0.25, 0.3) is 0 Å². The number of hydrogen-bond donors (Lipinski definition) is 0. The highest BCUT2D eigenvalue weighted by Crippen LogP contribution is 2.47. The van der Waals surface area contributed by atoms with Crippen LogP contribution in [0.1, 0.15) is 50.7 Å². The normalized spacial score (nSPS) is 15.8. The van der Waals surface area contributed by atoms with Gasteiger partial charge in [-0.15, -0.1) is 0 Å². The number of methoxy groups -OCH3 is 2. The van der Waals surface area contributed by atoms with Gasteiger partial charge >= 0.3 is 6.03 Å². The van der Waals surface area contributed by atoms with Gasteiger partial charge in [-0.2, -0.15) is 0 Å². The molecule has 1 saturated heterocycles. The fourth-order valence-electron chi connectivity index (χ4n) is 5.17. The van der Waals surface area contributed by atoms with Gasteiger partial charge in [0.1, 0.15) is 5.75 Å². The van der Waals surface area contributed by atoms with Crippen molar-refractivity contribution in [1.29, 1.82) is 0 Å². The third-order valence-corrected chi connectivity index (χ3v) is 8.02. The van der Waals surface area contributed by atoms with Crippen LogP contribution in [0.4, 0.5) is 10.5 Å². The number of urea groups is 1. The largest absolute Gasteiger partial charge is 0.496 e. The van der Waals surface area contributed by atoms with Crippen LogP contribution in [0, 0.1) is 11.3 Å². The molecule has 2 aliphatic rings. The van der Waals surface area contributed by atoms with Crippen molar-refractivity contribution in [2.75, 3.05) is 52.9 Å². The lowest BCUT2D eigenvalue weighted by molar-refractivity contribution is -0.127. The Bertz CT molecular complexity index is 1170. The summed E-state index contributed by atoms with van der Waals surface area (Å²) >= 11 is 0. The highest BCUT2D eigenvalue weighted by molar-refractivity contribution is 5.93. The molecule has 8 nitrogen and oxygen atoms in total. The van der Waals surface area contributed by atoms with E-state index >= 15 is 0 Å². The van der Waals surface area contributed by atoms with Crippen molar-refractivity contribution in [3.05, 3.63) is 47.5 Å². The van der Waals surface area contributed by atoms with E-state index in [4.69, 9.17) is 14.2 Å². The molecule has 8 heteroatoms. The van der Waals surface area contributed by atoms with Crippen LogP contribution in [0.2, 0.25) is 0 Å². The summed E-state index contributed by atoms with van der Waals surface area (Å²) in [5, 5.41) is 0. The molecular weight excluding hydrogens is 494 g/mol. The first-order valence-electron chi connectivity index (χ1n) is 13.9. The Morgan fingerprint density at radius 2 is 1.74 bits per heavy atom. The molecule has 1 aliphatic carbocycles. The summed E-state index contributed by atoms with van der Waals surface area (Å²) in [6, 6.07) is 11.4. The van der Waals surface area contributed by atoms with Crippen LogP contribution < -0.4 is 19.1 Å². The molecule has 2 aromatic rings. The van der Waals surface area contributed by atoms with E-state index in [1.54, 1.807) is 38.1 Å². The van der Waals surface area contributed by atoms with E-state index in [0.717, 1.165) is 35.6 Å². The molecule has 2 fully saturated rings. The van der Waals surface area contributed by atoms with Gasteiger partial charge in [0.25, 0.3) is 0 Å². The van der Waals surface area contributed by atoms with Crippen molar-refractivity contribution in [2.24, 2.45) is 11.3 Å². The molecule has 0 bridgehead atoms. The first-order chi connectivity index (χ1) is 18.6. The predicted molar refractivity (Wildman–Crippen MR) is 153 cm³/mol. The number of benzene rings is 2. The Hall–Kier alpha value is -3.42. The minimum atomic E-state index is -0.0545. The van der Waals surface area contributed by atoms with Gasteiger partial charge in [0.15, 0.2) is 11.5 Å². The van der Waals surface area contributed by atoms with E-state index < -0.39 is 0 Å². The molecule has 0 atom stereocenters. The molecule has 4 rings (SSSR count). The van der Waals surface area contributed by atoms with E-state index in [-0.39, 0.29) is 17.4 Å². The lowest BCUT2D eigenvalue weighted by Gasteiger charge is -2.36. The van der Waals surface area contributed by atoms with Gasteiger partial charge in [0.2, 0.25) is 5.91 Å². The number of carbonyl (C=O) groups is 2. The van der Waals surface area contributed by atoms with Crippen molar-refractivity contribution in [2.45, 2.75) is 52.5 Å². The number of amides is 3. The average molecular weight is 538 g/mol. The Morgan fingerprint density at radius 3 is 2.41 bits per heavy atom. The fraction of sp³-hybridized carbons (Fsp3) is 0.548. The standard InChI is InChI=1S/C31H43N3O5/c1-31(2,24-10-11-24)14-17-39-28-20-25(12-13-26(28)37-5)34-16-7-15-33(30(34)36)21-23-9-8-22(18-27(23)38-6)19-29(35)32(3)4/h8-9,12-13,18,20,24H,7,10-11,14-17,19,21H2,1-6H3. The number of ether oxygens (including phenoxy) is 3. The van der Waals surface area contributed by atoms with Crippen molar-refractivity contribution in [1.82, 2.24) is 9.80 Å². The molecule has 39 heavy (non-hydrogen) atoms. The topological polar surface area (TPSA) is 71.6 Å². The van der Waals surface area contributed by atoms with Crippen molar-refractivity contribution >= 4 is 17.6 Å². The third-order valence-electron chi connectivity index (χ3n) is 8.02. The van der Waals surface area contributed by atoms with E-state index in [9.17, 15) is 9.59 Å². The van der Waals surface area contributed by atoms with Crippen molar-refractivity contribution in [3.8, 4) is 17.2 Å². The molecule has 2 aromatic carbocycles.